The Morgan fingerprint density at radius 3 is 2.42 bits per heavy atom. The number of hydrogen-bond donors (Lipinski definition) is 2. The molecule has 1 aromatic carbocycles. The van der Waals surface area contributed by atoms with E-state index in [-0.39, 0.29) is 24.0 Å². The predicted octanol–water partition coefficient (Wildman–Crippen LogP) is 2.87. The highest BCUT2D eigenvalue weighted by molar-refractivity contribution is 14.0. The minimum absolute atomic E-state index is 0. The van der Waals surface area contributed by atoms with Gasteiger partial charge in [0.05, 0.1) is 14.2 Å². The first kappa shape index (κ1) is 20.9. The minimum Gasteiger partial charge on any atom is -0.497 e. The topological polar surface area (TPSA) is 58.1 Å². The van der Waals surface area contributed by atoms with Crippen LogP contribution in [0.2, 0.25) is 0 Å². The average Bonchev–Trinajstić information content (AvgIpc) is 3.36. The van der Waals surface area contributed by atoms with Crippen molar-refractivity contribution in [2.75, 3.05) is 45.3 Å². The molecule has 1 aliphatic heterocycles. The maximum Gasteiger partial charge on any atom is 0.191 e. The largest absolute Gasteiger partial charge is 0.497 e. The lowest BCUT2D eigenvalue weighted by atomic mass is 10.2. The fourth-order valence-corrected chi connectivity index (χ4v) is 3.12. The summed E-state index contributed by atoms with van der Waals surface area (Å²) in [5, 5.41) is 6.96. The van der Waals surface area contributed by atoms with Gasteiger partial charge >= 0.3 is 0 Å². The molecule has 1 saturated carbocycles. The zero-order chi connectivity index (χ0) is 17.6. The molecule has 2 N–H and O–H groups in total. The predicted molar refractivity (Wildman–Crippen MR) is 117 cm³/mol. The zero-order valence-corrected chi connectivity index (χ0v) is 18.3. The molecular formula is C19H31IN4O2. The maximum absolute atomic E-state index is 5.39. The van der Waals surface area contributed by atoms with Crippen LogP contribution in [-0.2, 0) is 0 Å². The fraction of sp³-hybridized carbons (Fsp3) is 0.632. The van der Waals surface area contributed by atoms with E-state index in [1.54, 1.807) is 14.2 Å². The van der Waals surface area contributed by atoms with Crippen LogP contribution in [0.4, 0.5) is 5.69 Å². The summed E-state index contributed by atoms with van der Waals surface area (Å²) in [7, 11) is 3.37. The van der Waals surface area contributed by atoms with Crippen LogP contribution >= 0.6 is 24.0 Å². The molecule has 0 spiro atoms. The third-order valence-electron chi connectivity index (χ3n) is 4.78. The lowest BCUT2D eigenvalue weighted by Crippen LogP contribution is -2.44. The number of aliphatic imine (C=N–C) groups is 1. The molecule has 1 unspecified atom stereocenters. The van der Waals surface area contributed by atoms with Crippen molar-refractivity contribution in [2.24, 2.45) is 10.9 Å². The molecule has 0 bridgehead atoms. The molecule has 1 atom stereocenters. The number of anilines is 1. The van der Waals surface area contributed by atoms with Crippen LogP contribution in [-0.4, -0.2) is 52.4 Å². The summed E-state index contributed by atoms with van der Waals surface area (Å²) in [6.45, 7) is 5.90. The number of methoxy groups -OCH3 is 2. The molecule has 1 aromatic rings. The van der Waals surface area contributed by atoms with Crippen molar-refractivity contribution in [1.29, 1.82) is 0 Å². The number of hydrogen-bond acceptors (Lipinski definition) is 4. The van der Waals surface area contributed by atoms with E-state index in [4.69, 9.17) is 14.5 Å². The van der Waals surface area contributed by atoms with Crippen molar-refractivity contribution in [3.63, 3.8) is 0 Å². The maximum atomic E-state index is 5.39. The van der Waals surface area contributed by atoms with Gasteiger partial charge in [0.15, 0.2) is 5.96 Å². The molecule has 146 valence electrons. The number of rotatable bonds is 7. The van der Waals surface area contributed by atoms with Gasteiger partial charge in [0.2, 0.25) is 0 Å². The van der Waals surface area contributed by atoms with Gasteiger partial charge in [-0.3, -0.25) is 4.99 Å². The van der Waals surface area contributed by atoms with E-state index < -0.39 is 0 Å². The summed E-state index contributed by atoms with van der Waals surface area (Å²) < 4.78 is 10.8. The Balaban J connectivity index is 0.00000243. The molecule has 3 rings (SSSR count). The van der Waals surface area contributed by atoms with E-state index >= 15 is 0 Å². The Hall–Kier alpha value is -1.38. The molecule has 1 heterocycles. The Bertz CT molecular complexity index is 585. The molecule has 2 fully saturated rings. The Morgan fingerprint density at radius 1 is 1.15 bits per heavy atom. The van der Waals surface area contributed by atoms with Crippen molar-refractivity contribution in [3.8, 4) is 11.5 Å². The van der Waals surface area contributed by atoms with Crippen molar-refractivity contribution >= 4 is 35.6 Å². The molecule has 1 saturated heterocycles. The minimum atomic E-state index is 0. The van der Waals surface area contributed by atoms with Crippen LogP contribution in [0.15, 0.2) is 23.2 Å². The van der Waals surface area contributed by atoms with Crippen molar-refractivity contribution in [1.82, 2.24) is 10.6 Å². The molecule has 0 radical (unpaired) electrons. The third-order valence-corrected chi connectivity index (χ3v) is 4.78. The Labute approximate surface area is 173 Å². The van der Waals surface area contributed by atoms with Crippen molar-refractivity contribution in [3.05, 3.63) is 18.2 Å². The Morgan fingerprint density at radius 2 is 1.85 bits per heavy atom. The van der Waals surface area contributed by atoms with Crippen LogP contribution < -0.4 is 25.0 Å². The second-order valence-corrected chi connectivity index (χ2v) is 6.81. The zero-order valence-electron chi connectivity index (χ0n) is 16.0. The SMILES string of the molecule is CCNC(=NCC1CC1)NC1CCN(c2cc(OC)cc(OC)c2)C1.I. The van der Waals surface area contributed by atoms with Gasteiger partial charge in [-0.05, 0) is 32.1 Å². The summed E-state index contributed by atoms with van der Waals surface area (Å²) in [5.74, 6) is 3.40. The van der Waals surface area contributed by atoms with Gasteiger partial charge in [0.25, 0.3) is 0 Å². The van der Waals surface area contributed by atoms with Gasteiger partial charge < -0.3 is 25.0 Å². The van der Waals surface area contributed by atoms with E-state index in [1.165, 1.54) is 12.8 Å². The number of nitrogens with one attached hydrogen (secondary N) is 2. The van der Waals surface area contributed by atoms with Crippen LogP contribution in [0.3, 0.4) is 0 Å². The molecular weight excluding hydrogens is 443 g/mol. The third kappa shape index (κ3) is 5.82. The highest BCUT2D eigenvalue weighted by Gasteiger charge is 2.25. The molecule has 1 aliphatic carbocycles. The average molecular weight is 474 g/mol. The lowest BCUT2D eigenvalue weighted by Gasteiger charge is -2.21. The summed E-state index contributed by atoms with van der Waals surface area (Å²) in [6.07, 6.45) is 3.75. The summed E-state index contributed by atoms with van der Waals surface area (Å²) >= 11 is 0. The van der Waals surface area contributed by atoms with Gasteiger partial charge in [-0.2, -0.15) is 0 Å². The fourth-order valence-electron chi connectivity index (χ4n) is 3.12. The highest BCUT2D eigenvalue weighted by Crippen LogP contribution is 2.30. The first-order valence-electron chi connectivity index (χ1n) is 9.24. The van der Waals surface area contributed by atoms with E-state index in [2.05, 4.69) is 34.6 Å². The lowest BCUT2D eigenvalue weighted by molar-refractivity contribution is 0.394. The van der Waals surface area contributed by atoms with Gasteiger partial charge in [0, 0.05) is 56.1 Å². The van der Waals surface area contributed by atoms with E-state index in [9.17, 15) is 0 Å². The second kappa shape index (κ2) is 10.1. The standard InChI is InChI=1S/C19H30N4O2.HI/c1-4-20-19(21-12-14-5-6-14)22-15-7-8-23(13-15)16-9-17(24-2)11-18(10-16)25-3;/h9-11,14-15H,4-8,12-13H2,1-3H3,(H2,20,21,22);1H. The van der Waals surface area contributed by atoms with Gasteiger partial charge in [-0.25, -0.2) is 0 Å². The molecule has 7 heteroatoms. The van der Waals surface area contributed by atoms with E-state index in [0.29, 0.717) is 6.04 Å². The van der Waals surface area contributed by atoms with Crippen LogP contribution in [0.1, 0.15) is 26.2 Å². The molecule has 26 heavy (non-hydrogen) atoms. The molecule has 2 aliphatic rings. The van der Waals surface area contributed by atoms with E-state index in [0.717, 1.165) is 61.7 Å². The number of ether oxygens (including phenoxy) is 2. The highest BCUT2D eigenvalue weighted by atomic mass is 127. The quantitative estimate of drug-likeness (QED) is 0.362. The molecule has 6 nitrogen and oxygen atoms in total. The number of halogens is 1. The summed E-state index contributed by atoms with van der Waals surface area (Å²) in [5.41, 5.74) is 1.14. The van der Waals surface area contributed by atoms with E-state index in [1.807, 2.05) is 6.07 Å². The summed E-state index contributed by atoms with van der Waals surface area (Å²) in [4.78, 5) is 7.10. The molecule has 0 amide bonds. The van der Waals surface area contributed by atoms with Crippen LogP contribution in [0.25, 0.3) is 0 Å². The number of guanidine groups is 1. The number of benzene rings is 1. The van der Waals surface area contributed by atoms with Crippen LogP contribution in [0.5, 0.6) is 11.5 Å². The molecule has 0 aromatic heterocycles. The normalized spacial score (nSPS) is 19.7. The van der Waals surface area contributed by atoms with Crippen molar-refractivity contribution in [2.45, 2.75) is 32.2 Å². The second-order valence-electron chi connectivity index (χ2n) is 6.81. The van der Waals surface area contributed by atoms with Gasteiger partial charge in [-0.1, -0.05) is 0 Å². The first-order chi connectivity index (χ1) is 12.2. The van der Waals surface area contributed by atoms with Crippen molar-refractivity contribution < 1.29 is 9.47 Å². The monoisotopic (exact) mass is 474 g/mol. The number of nitrogens with zero attached hydrogens (tertiary/aromatic N) is 2. The smallest absolute Gasteiger partial charge is 0.191 e. The van der Waals surface area contributed by atoms with Gasteiger partial charge in [0.1, 0.15) is 11.5 Å². The first-order valence-corrected chi connectivity index (χ1v) is 9.24. The van der Waals surface area contributed by atoms with Gasteiger partial charge in [-0.15, -0.1) is 24.0 Å². The van der Waals surface area contributed by atoms with Crippen LogP contribution in [0, 0.1) is 5.92 Å². The summed E-state index contributed by atoms with van der Waals surface area (Å²) in [6, 6.07) is 6.44. The Kier molecular flexibility index (Phi) is 8.12.